The van der Waals surface area contributed by atoms with E-state index in [1.54, 1.807) is 18.4 Å². The van der Waals surface area contributed by atoms with Gasteiger partial charge in [0.15, 0.2) is 10.9 Å². The number of carbonyl (C=O) groups excluding carboxylic acids is 1. The first kappa shape index (κ1) is 16.3. The maximum atomic E-state index is 12.8. The minimum Gasteiger partial charge on any atom is -0.497 e. The summed E-state index contributed by atoms with van der Waals surface area (Å²) in [5.41, 5.74) is 2.71. The number of carbonyl (C=O) groups is 1. The standard InChI is InChI=1S/C19H20N2O3S/c1-23-15-4-5-17-13(10-15)2-3-14(18(17)22)11-16-12-20-19(25-16)21-6-8-24-9-7-21/h4-5,10-12H,2-3,6-9H2,1H3. The van der Waals surface area contributed by atoms with Crippen LogP contribution in [0.1, 0.15) is 27.2 Å². The van der Waals surface area contributed by atoms with Gasteiger partial charge in [0.25, 0.3) is 0 Å². The van der Waals surface area contributed by atoms with Crippen molar-refractivity contribution in [2.45, 2.75) is 12.8 Å². The molecule has 25 heavy (non-hydrogen) atoms. The van der Waals surface area contributed by atoms with E-state index in [1.165, 1.54) is 0 Å². The van der Waals surface area contributed by atoms with Gasteiger partial charge in [0.1, 0.15) is 5.75 Å². The van der Waals surface area contributed by atoms with E-state index in [0.29, 0.717) is 0 Å². The second-order valence-electron chi connectivity index (χ2n) is 6.17. The maximum absolute atomic E-state index is 12.8. The van der Waals surface area contributed by atoms with E-state index in [1.807, 2.05) is 30.5 Å². The van der Waals surface area contributed by atoms with Crippen molar-refractivity contribution in [3.8, 4) is 5.75 Å². The molecule has 0 bridgehead atoms. The smallest absolute Gasteiger partial charge is 0.189 e. The Balaban J connectivity index is 1.55. The lowest BCUT2D eigenvalue weighted by Crippen LogP contribution is -2.36. The van der Waals surface area contributed by atoms with Gasteiger partial charge in [-0.25, -0.2) is 4.98 Å². The van der Waals surface area contributed by atoms with Gasteiger partial charge in [-0.2, -0.15) is 0 Å². The van der Waals surface area contributed by atoms with Crippen LogP contribution in [0.2, 0.25) is 0 Å². The molecule has 1 aliphatic heterocycles. The number of aryl methyl sites for hydroxylation is 1. The molecule has 6 heteroatoms. The molecule has 1 aromatic heterocycles. The zero-order valence-corrected chi connectivity index (χ0v) is 15.0. The van der Waals surface area contributed by atoms with Gasteiger partial charge in [-0.15, -0.1) is 0 Å². The summed E-state index contributed by atoms with van der Waals surface area (Å²) < 4.78 is 10.6. The predicted octanol–water partition coefficient (Wildman–Crippen LogP) is 3.20. The Labute approximate surface area is 150 Å². The van der Waals surface area contributed by atoms with Crippen LogP contribution in [0.25, 0.3) is 6.08 Å². The van der Waals surface area contributed by atoms with E-state index in [-0.39, 0.29) is 5.78 Å². The number of nitrogens with zero attached hydrogens (tertiary/aromatic N) is 2. The van der Waals surface area contributed by atoms with Gasteiger partial charge in [0.2, 0.25) is 0 Å². The van der Waals surface area contributed by atoms with Crippen molar-refractivity contribution in [1.29, 1.82) is 0 Å². The Morgan fingerprint density at radius 1 is 1.28 bits per heavy atom. The summed E-state index contributed by atoms with van der Waals surface area (Å²) in [7, 11) is 1.65. The van der Waals surface area contributed by atoms with Crippen LogP contribution in [0.15, 0.2) is 30.0 Å². The van der Waals surface area contributed by atoms with Crippen LogP contribution in [-0.2, 0) is 11.2 Å². The van der Waals surface area contributed by atoms with Crippen LogP contribution >= 0.6 is 11.3 Å². The number of hydrogen-bond acceptors (Lipinski definition) is 6. The van der Waals surface area contributed by atoms with E-state index in [2.05, 4.69) is 9.88 Å². The van der Waals surface area contributed by atoms with E-state index in [9.17, 15) is 4.79 Å². The molecule has 130 valence electrons. The largest absolute Gasteiger partial charge is 0.497 e. The summed E-state index contributed by atoms with van der Waals surface area (Å²) in [6, 6.07) is 5.69. The van der Waals surface area contributed by atoms with Crippen molar-refractivity contribution in [2.24, 2.45) is 0 Å². The predicted molar refractivity (Wildman–Crippen MR) is 98.8 cm³/mol. The van der Waals surface area contributed by atoms with Crippen LogP contribution in [0, 0.1) is 0 Å². The molecule has 5 nitrogen and oxygen atoms in total. The maximum Gasteiger partial charge on any atom is 0.189 e. The number of Topliss-reactive ketones (excluding diaryl/α,β-unsaturated/α-hetero) is 1. The van der Waals surface area contributed by atoms with Crippen LogP contribution in [-0.4, -0.2) is 44.2 Å². The molecule has 1 aromatic carbocycles. The Bertz CT molecular complexity index is 822. The number of rotatable bonds is 3. The average molecular weight is 356 g/mol. The first-order valence-electron chi connectivity index (χ1n) is 8.45. The van der Waals surface area contributed by atoms with Gasteiger partial charge < -0.3 is 14.4 Å². The molecule has 0 atom stereocenters. The Morgan fingerprint density at radius 2 is 2.12 bits per heavy atom. The lowest BCUT2D eigenvalue weighted by atomic mass is 9.86. The van der Waals surface area contributed by atoms with Gasteiger partial charge in [-0.1, -0.05) is 11.3 Å². The van der Waals surface area contributed by atoms with Crippen molar-refractivity contribution >= 4 is 28.3 Å². The molecule has 0 spiro atoms. The highest BCUT2D eigenvalue weighted by Crippen LogP contribution is 2.31. The first-order valence-corrected chi connectivity index (χ1v) is 9.27. The lowest BCUT2D eigenvalue weighted by Gasteiger charge is -2.25. The summed E-state index contributed by atoms with van der Waals surface area (Å²) in [5.74, 6) is 0.918. The number of methoxy groups -OCH3 is 1. The van der Waals surface area contributed by atoms with Crippen molar-refractivity contribution in [3.05, 3.63) is 46.0 Å². The fourth-order valence-corrected chi connectivity index (χ4v) is 4.17. The molecule has 0 amide bonds. The van der Waals surface area contributed by atoms with Gasteiger partial charge in [-0.05, 0) is 42.7 Å². The summed E-state index contributed by atoms with van der Waals surface area (Å²) in [6.07, 6.45) is 5.47. The number of fused-ring (bicyclic) bond motifs is 1. The Morgan fingerprint density at radius 3 is 2.92 bits per heavy atom. The van der Waals surface area contributed by atoms with Gasteiger partial charge in [-0.3, -0.25) is 4.79 Å². The highest BCUT2D eigenvalue weighted by Gasteiger charge is 2.23. The SMILES string of the molecule is COc1ccc2c(c1)CCC(=Cc1cnc(N3CCOCC3)s1)C2=O. The summed E-state index contributed by atoms with van der Waals surface area (Å²) in [6.45, 7) is 3.23. The molecule has 2 heterocycles. The summed E-state index contributed by atoms with van der Waals surface area (Å²) in [4.78, 5) is 20.6. The molecule has 1 aliphatic carbocycles. The van der Waals surface area contributed by atoms with E-state index >= 15 is 0 Å². The molecule has 2 aliphatic rings. The molecule has 4 rings (SSSR count). The normalized spacial score (nSPS) is 19.2. The van der Waals surface area contributed by atoms with Gasteiger partial charge >= 0.3 is 0 Å². The molecular formula is C19H20N2O3S. The summed E-state index contributed by atoms with van der Waals surface area (Å²) in [5, 5.41) is 1.00. The van der Waals surface area contributed by atoms with E-state index in [4.69, 9.17) is 9.47 Å². The number of ketones is 1. The number of aromatic nitrogens is 1. The van der Waals surface area contributed by atoms with E-state index < -0.39 is 0 Å². The van der Waals surface area contributed by atoms with Crippen LogP contribution in [0.3, 0.4) is 0 Å². The number of hydrogen-bond donors (Lipinski definition) is 0. The fourth-order valence-electron chi connectivity index (χ4n) is 3.24. The third-order valence-electron chi connectivity index (χ3n) is 4.62. The Hall–Kier alpha value is -2.18. The number of ether oxygens (including phenoxy) is 2. The Kier molecular flexibility index (Phi) is 4.55. The number of benzene rings is 1. The quantitative estimate of drug-likeness (QED) is 0.791. The number of morpholine rings is 1. The minimum absolute atomic E-state index is 0.116. The molecule has 0 radical (unpaired) electrons. The number of anilines is 1. The average Bonchev–Trinajstić information content (AvgIpc) is 3.13. The zero-order valence-electron chi connectivity index (χ0n) is 14.2. The topological polar surface area (TPSA) is 51.7 Å². The van der Waals surface area contributed by atoms with Crippen LogP contribution in [0.5, 0.6) is 5.75 Å². The molecular weight excluding hydrogens is 336 g/mol. The lowest BCUT2D eigenvalue weighted by molar-refractivity contribution is 0.102. The van der Waals surface area contributed by atoms with Crippen molar-refractivity contribution < 1.29 is 14.3 Å². The first-order chi connectivity index (χ1) is 12.2. The van der Waals surface area contributed by atoms with Gasteiger partial charge in [0, 0.05) is 35.3 Å². The molecule has 1 fully saturated rings. The van der Waals surface area contributed by atoms with Crippen molar-refractivity contribution in [3.63, 3.8) is 0 Å². The van der Waals surface area contributed by atoms with Crippen molar-refractivity contribution in [2.75, 3.05) is 38.3 Å². The monoisotopic (exact) mass is 356 g/mol. The third-order valence-corrected chi connectivity index (χ3v) is 5.63. The van der Waals surface area contributed by atoms with Crippen LogP contribution < -0.4 is 9.64 Å². The second kappa shape index (κ2) is 6.98. The number of thiazole rings is 1. The summed E-state index contributed by atoms with van der Waals surface area (Å²) >= 11 is 1.63. The van der Waals surface area contributed by atoms with Crippen molar-refractivity contribution in [1.82, 2.24) is 4.98 Å². The van der Waals surface area contributed by atoms with E-state index in [0.717, 1.165) is 71.6 Å². The highest BCUT2D eigenvalue weighted by atomic mass is 32.1. The molecule has 1 saturated heterocycles. The third kappa shape index (κ3) is 3.32. The molecule has 2 aromatic rings. The minimum atomic E-state index is 0.116. The second-order valence-corrected chi connectivity index (χ2v) is 7.21. The molecule has 0 saturated carbocycles. The zero-order chi connectivity index (χ0) is 17.2. The fraction of sp³-hybridized carbons (Fsp3) is 0.368. The number of allylic oxidation sites excluding steroid dienone is 1. The highest BCUT2D eigenvalue weighted by molar-refractivity contribution is 7.16. The molecule has 0 unspecified atom stereocenters. The van der Waals surface area contributed by atoms with Crippen LogP contribution in [0.4, 0.5) is 5.13 Å². The molecule has 0 N–H and O–H groups in total. The van der Waals surface area contributed by atoms with Gasteiger partial charge in [0.05, 0.1) is 20.3 Å².